The molecule has 4 saturated carbocycles. The molecule has 0 bridgehead atoms. The van der Waals surface area contributed by atoms with Crippen molar-refractivity contribution in [3.05, 3.63) is 0 Å². The number of hydrogen-bond donors (Lipinski definition) is 0. The molecule has 0 saturated heterocycles. The lowest BCUT2D eigenvalue weighted by molar-refractivity contribution is -0.163. The van der Waals surface area contributed by atoms with Crippen LogP contribution < -0.4 is 0 Å². The van der Waals surface area contributed by atoms with Crippen molar-refractivity contribution in [3.63, 3.8) is 0 Å². The summed E-state index contributed by atoms with van der Waals surface area (Å²) in [6.45, 7) is 11.4. The number of carbonyl (C=O) groups is 1. The summed E-state index contributed by atoms with van der Waals surface area (Å²) in [6, 6.07) is 0. The van der Waals surface area contributed by atoms with E-state index >= 15 is 0 Å². The smallest absolute Gasteiger partial charge is 0.306 e. The number of rotatable bonds is 7. The normalized spacial score (nSPS) is 45.8. The van der Waals surface area contributed by atoms with Crippen LogP contribution in [-0.4, -0.2) is 24.3 Å². The molecule has 4 nitrogen and oxygen atoms in total. The topological polar surface area (TPSA) is 44.8 Å². The molecule has 0 N–H and O–H groups in total. The molecule has 4 aliphatic carbocycles. The Morgan fingerprint density at radius 2 is 1.64 bits per heavy atom. The maximum Gasteiger partial charge on any atom is 0.306 e. The van der Waals surface area contributed by atoms with Gasteiger partial charge in [0.1, 0.15) is 0 Å². The molecule has 0 spiro atoms. The molecule has 0 radical (unpaired) electrons. The number of esters is 1. The molecule has 0 aromatic carbocycles. The Labute approximate surface area is 207 Å². The van der Waals surface area contributed by atoms with E-state index in [9.17, 15) is 4.79 Å². The fraction of sp³-hybridized carbons (Fsp3) is 0.963. The number of ether oxygens (including phenoxy) is 1. The average Bonchev–Trinajstić information content (AvgIpc) is 3.13. The van der Waals surface area contributed by atoms with Crippen molar-refractivity contribution in [2.24, 2.45) is 46.3 Å². The lowest BCUT2D eigenvalue weighted by Gasteiger charge is -2.63. The number of carbonyl (C=O) groups excluding carboxylic acids is 1. The molecule has 4 fully saturated rings. The maximum absolute atomic E-state index is 12.2. The van der Waals surface area contributed by atoms with Crippen molar-refractivity contribution in [1.29, 1.82) is 0 Å². The summed E-state index contributed by atoms with van der Waals surface area (Å²) in [7, 11) is 5.13. The Morgan fingerprint density at radius 3 is 2.30 bits per heavy atom. The summed E-state index contributed by atoms with van der Waals surface area (Å²) in [5, 5.41) is 0. The first-order valence-electron chi connectivity index (χ1n) is 13.5. The molecule has 12 atom stereocenters. The third-order valence-corrected chi connectivity index (χ3v) is 11.6. The van der Waals surface area contributed by atoms with Gasteiger partial charge in [-0.1, -0.05) is 20.8 Å². The molecule has 0 heterocycles. The second-order valence-electron chi connectivity index (χ2n) is 12.7. The van der Waals surface area contributed by atoms with Crippen LogP contribution in [-0.2, 0) is 18.6 Å². The van der Waals surface area contributed by atoms with Gasteiger partial charge in [0.05, 0.1) is 18.3 Å². The van der Waals surface area contributed by atoms with Crippen LogP contribution in [0.15, 0.2) is 0 Å². The predicted molar refractivity (Wildman–Crippen MR) is 139 cm³/mol. The maximum atomic E-state index is 12.2. The van der Waals surface area contributed by atoms with Gasteiger partial charge in [0, 0.05) is 25.4 Å². The third-order valence-electron chi connectivity index (χ3n) is 10.9. The molecule has 4 rings (SSSR count). The molecule has 4 unspecified atom stereocenters. The van der Waals surface area contributed by atoms with Gasteiger partial charge in [-0.25, -0.2) is 0 Å². The van der Waals surface area contributed by atoms with Crippen molar-refractivity contribution in [1.82, 2.24) is 0 Å². The summed E-state index contributed by atoms with van der Waals surface area (Å²) in [4.78, 5) is 12.2. The zero-order chi connectivity index (χ0) is 24.0. The Bertz CT molecular complexity index is 702. The zero-order valence-corrected chi connectivity index (χ0v) is 23.9. The highest BCUT2D eigenvalue weighted by Gasteiger charge is 2.63. The van der Waals surface area contributed by atoms with Crippen LogP contribution in [0.5, 0.6) is 0 Å². The SMILES string of the molecule is CC(C)OC(=O)CC[C@@H](C)[C@H]1CC[C@H]2[C@@H]3C(OP)C[C@@H]4CC(OP)CC[C@]4(C)[C@H]3CC[C@]12C. The molecular formula is C27H48O4P2. The highest BCUT2D eigenvalue weighted by atomic mass is 31.0. The molecule has 0 aromatic heterocycles. The highest BCUT2D eigenvalue weighted by molar-refractivity contribution is 7.10. The Hall–Kier alpha value is 0.250. The average molecular weight is 499 g/mol. The summed E-state index contributed by atoms with van der Waals surface area (Å²) in [5.74, 6) is 4.11. The summed E-state index contributed by atoms with van der Waals surface area (Å²) >= 11 is 0. The van der Waals surface area contributed by atoms with E-state index in [4.69, 9.17) is 13.8 Å². The fourth-order valence-electron chi connectivity index (χ4n) is 9.27. The largest absolute Gasteiger partial charge is 0.463 e. The van der Waals surface area contributed by atoms with Gasteiger partial charge in [-0.2, -0.15) is 0 Å². The Kier molecular flexibility index (Phi) is 8.23. The van der Waals surface area contributed by atoms with Gasteiger partial charge in [-0.05, 0) is 118 Å². The van der Waals surface area contributed by atoms with Gasteiger partial charge in [0.25, 0.3) is 0 Å². The van der Waals surface area contributed by atoms with Crippen molar-refractivity contribution < 1.29 is 18.6 Å². The minimum atomic E-state index is -0.0342. The summed E-state index contributed by atoms with van der Waals surface area (Å²) < 4.78 is 17.3. The van der Waals surface area contributed by atoms with Gasteiger partial charge in [-0.15, -0.1) is 0 Å². The van der Waals surface area contributed by atoms with E-state index in [1.54, 1.807) is 0 Å². The van der Waals surface area contributed by atoms with Crippen LogP contribution in [0.25, 0.3) is 0 Å². The predicted octanol–water partition coefficient (Wildman–Crippen LogP) is 6.97. The molecule has 0 amide bonds. The molecule has 33 heavy (non-hydrogen) atoms. The highest BCUT2D eigenvalue weighted by Crippen LogP contribution is 2.69. The molecular weight excluding hydrogens is 450 g/mol. The first kappa shape index (κ1) is 26.3. The number of hydrogen-bond acceptors (Lipinski definition) is 4. The van der Waals surface area contributed by atoms with Crippen molar-refractivity contribution in [3.8, 4) is 0 Å². The first-order chi connectivity index (χ1) is 15.6. The molecule has 190 valence electrons. The van der Waals surface area contributed by atoms with Gasteiger partial charge in [-0.3, -0.25) is 4.79 Å². The van der Waals surface area contributed by atoms with E-state index in [1.807, 2.05) is 13.8 Å². The van der Waals surface area contributed by atoms with Crippen LogP contribution in [0.3, 0.4) is 0 Å². The minimum absolute atomic E-state index is 0.0190. The Balaban J connectivity index is 1.49. The van der Waals surface area contributed by atoms with Crippen LogP contribution in [0.2, 0.25) is 0 Å². The van der Waals surface area contributed by atoms with Crippen LogP contribution in [0.1, 0.15) is 98.8 Å². The second-order valence-corrected chi connectivity index (χ2v) is 13.3. The van der Waals surface area contributed by atoms with E-state index in [2.05, 4.69) is 39.7 Å². The monoisotopic (exact) mass is 498 g/mol. The lowest BCUT2D eigenvalue weighted by atomic mass is 9.43. The fourth-order valence-corrected chi connectivity index (χ4v) is 9.81. The molecule has 6 heteroatoms. The number of fused-ring (bicyclic) bond motifs is 5. The Morgan fingerprint density at radius 1 is 0.939 bits per heavy atom. The second kappa shape index (κ2) is 10.3. The molecule has 0 aromatic rings. The van der Waals surface area contributed by atoms with Crippen molar-refractivity contribution in [2.75, 3.05) is 0 Å². The molecule has 4 aliphatic rings. The third kappa shape index (κ3) is 4.82. The van der Waals surface area contributed by atoms with Gasteiger partial charge < -0.3 is 13.8 Å². The summed E-state index contributed by atoms with van der Waals surface area (Å²) in [6.07, 6.45) is 12.4. The van der Waals surface area contributed by atoms with E-state index in [1.165, 1.54) is 51.4 Å². The zero-order valence-electron chi connectivity index (χ0n) is 21.6. The van der Waals surface area contributed by atoms with E-state index in [0.717, 1.165) is 18.3 Å². The minimum Gasteiger partial charge on any atom is -0.463 e. The van der Waals surface area contributed by atoms with Crippen LogP contribution >= 0.6 is 18.9 Å². The standard InChI is InChI=1S/C27H48O4P2/c1-16(2)29-24(28)9-6-17(3)20-7-8-21-25-22(11-13-27(20,21)5)26(4)12-10-19(30-32)14-18(26)15-23(25)31-33/h16-23,25H,6-15,32-33H2,1-5H3/t17-,18+,19?,20-,21+,22+,23?,25+,26+,27-/m1/s1. The van der Waals surface area contributed by atoms with Crippen LogP contribution in [0.4, 0.5) is 0 Å². The molecule has 0 aliphatic heterocycles. The van der Waals surface area contributed by atoms with Crippen molar-refractivity contribution in [2.45, 2.75) is 117 Å². The lowest BCUT2D eigenvalue weighted by Crippen LogP contribution is -2.58. The van der Waals surface area contributed by atoms with Crippen LogP contribution in [0, 0.1) is 46.3 Å². The van der Waals surface area contributed by atoms with E-state index < -0.39 is 0 Å². The van der Waals surface area contributed by atoms with E-state index in [-0.39, 0.29) is 12.1 Å². The van der Waals surface area contributed by atoms with Gasteiger partial charge in [0.15, 0.2) is 0 Å². The first-order valence-corrected chi connectivity index (χ1v) is 14.5. The van der Waals surface area contributed by atoms with Gasteiger partial charge in [0.2, 0.25) is 0 Å². The van der Waals surface area contributed by atoms with Gasteiger partial charge >= 0.3 is 5.97 Å². The van der Waals surface area contributed by atoms with E-state index in [0.29, 0.717) is 53.1 Å². The summed E-state index contributed by atoms with van der Waals surface area (Å²) in [5.41, 5.74) is 0.795. The van der Waals surface area contributed by atoms with Crippen molar-refractivity contribution >= 4 is 24.9 Å². The quantitative estimate of drug-likeness (QED) is 0.281.